The van der Waals surface area contributed by atoms with Gasteiger partial charge in [-0.2, -0.15) is 5.10 Å². The van der Waals surface area contributed by atoms with Crippen LogP contribution in [-0.2, 0) is 17.6 Å². The highest BCUT2D eigenvalue weighted by molar-refractivity contribution is 7.99. The zero-order valence-corrected chi connectivity index (χ0v) is 22.9. The van der Waals surface area contributed by atoms with Crippen LogP contribution in [0.15, 0.2) is 75.7 Å². The van der Waals surface area contributed by atoms with Crippen molar-refractivity contribution in [1.82, 2.24) is 15.0 Å². The number of nitrogens with one attached hydrogen (secondary N) is 1. The van der Waals surface area contributed by atoms with E-state index in [1.54, 1.807) is 22.0 Å². The molecular weight excluding hydrogens is 528 g/mol. The van der Waals surface area contributed by atoms with E-state index in [4.69, 9.17) is 4.98 Å². The van der Waals surface area contributed by atoms with E-state index < -0.39 is 0 Å². The van der Waals surface area contributed by atoms with Crippen molar-refractivity contribution in [2.75, 3.05) is 5.75 Å². The number of phenolic OH excluding ortho intramolecular Hbond substituents is 1. The summed E-state index contributed by atoms with van der Waals surface area (Å²) >= 11 is 2.80. The molecule has 0 saturated carbocycles. The Kier molecular flexibility index (Phi) is 6.93. The van der Waals surface area contributed by atoms with E-state index in [1.807, 2.05) is 61.5 Å². The first-order valence-corrected chi connectivity index (χ1v) is 14.6. The highest BCUT2D eigenvalue weighted by Crippen LogP contribution is 2.35. The summed E-state index contributed by atoms with van der Waals surface area (Å²) in [5.74, 6) is -0.237. The Hall–Kier alpha value is -3.95. The molecule has 0 unspecified atom stereocenters. The second kappa shape index (κ2) is 10.7. The third-order valence-corrected chi connectivity index (χ3v) is 9.04. The van der Waals surface area contributed by atoms with Gasteiger partial charge in [0, 0.05) is 10.4 Å². The Morgan fingerprint density at radius 2 is 1.92 bits per heavy atom. The van der Waals surface area contributed by atoms with Gasteiger partial charge in [-0.25, -0.2) is 10.4 Å². The highest BCUT2D eigenvalue weighted by atomic mass is 32.2. The topological polar surface area (TPSA) is 96.6 Å². The molecule has 0 bridgehead atoms. The zero-order chi connectivity index (χ0) is 26.9. The number of thioether (sulfide) groups is 1. The summed E-state index contributed by atoms with van der Waals surface area (Å²) in [5.41, 5.74) is 5.94. The fraction of sp³-hybridized carbons (Fsp3) is 0.200. The lowest BCUT2D eigenvalue weighted by atomic mass is 9.97. The van der Waals surface area contributed by atoms with Gasteiger partial charge in [0.2, 0.25) is 0 Å². The van der Waals surface area contributed by atoms with E-state index in [9.17, 15) is 14.7 Å². The Bertz CT molecular complexity index is 1810. The number of phenols is 1. The maximum atomic E-state index is 13.8. The van der Waals surface area contributed by atoms with E-state index >= 15 is 0 Å². The number of rotatable bonds is 6. The van der Waals surface area contributed by atoms with Gasteiger partial charge in [-0.05, 0) is 67.1 Å². The SMILES string of the molecule is Cc1ccc(-n2c(SCC(=O)N/N=C\c3c(O)ccc4ccccc34)nc3sc4c(c3c2=O)CCCC4)cc1. The minimum Gasteiger partial charge on any atom is -0.507 e. The third-order valence-electron chi connectivity index (χ3n) is 6.91. The zero-order valence-electron chi connectivity index (χ0n) is 21.3. The number of hydrogen-bond acceptors (Lipinski definition) is 7. The van der Waals surface area contributed by atoms with Crippen LogP contribution in [0.2, 0.25) is 0 Å². The van der Waals surface area contributed by atoms with Crippen LogP contribution < -0.4 is 11.0 Å². The molecule has 196 valence electrons. The molecule has 1 aliphatic carbocycles. The molecular formula is C30H26N4O3S2. The van der Waals surface area contributed by atoms with E-state index in [2.05, 4.69) is 10.5 Å². The molecule has 5 aromatic rings. The lowest BCUT2D eigenvalue weighted by Gasteiger charge is -2.13. The van der Waals surface area contributed by atoms with Crippen LogP contribution in [0.1, 0.15) is 34.4 Å². The fourth-order valence-electron chi connectivity index (χ4n) is 4.96. The molecule has 0 saturated heterocycles. The highest BCUT2D eigenvalue weighted by Gasteiger charge is 2.23. The van der Waals surface area contributed by atoms with Gasteiger partial charge in [-0.15, -0.1) is 11.3 Å². The smallest absolute Gasteiger partial charge is 0.267 e. The Morgan fingerprint density at radius 1 is 1.13 bits per heavy atom. The van der Waals surface area contributed by atoms with Crippen molar-refractivity contribution in [1.29, 1.82) is 0 Å². The van der Waals surface area contributed by atoms with Gasteiger partial charge in [0.25, 0.3) is 11.5 Å². The molecule has 2 N–H and O–H groups in total. The number of hydrogen-bond donors (Lipinski definition) is 2. The van der Waals surface area contributed by atoms with Gasteiger partial charge in [-0.1, -0.05) is 59.8 Å². The van der Waals surface area contributed by atoms with Crippen molar-refractivity contribution >= 4 is 56.2 Å². The van der Waals surface area contributed by atoms with Crippen molar-refractivity contribution in [2.24, 2.45) is 5.10 Å². The van der Waals surface area contributed by atoms with E-state index in [1.165, 1.54) is 22.9 Å². The normalized spacial score (nSPS) is 13.3. The summed E-state index contributed by atoms with van der Waals surface area (Å²) in [6, 6.07) is 18.8. The number of aromatic nitrogens is 2. The molecule has 0 aliphatic heterocycles. The van der Waals surface area contributed by atoms with E-state index in [-0.39, 0.29) is 23.0 Å². The third kappa shape index (κ3) is 4.95. The Labute approximate surface area is 233 Å². The van der Waals surface area contributed by atoms with Crippen molar-refractivity contribution in [3.63, 3.8) is 0 Å². The average Bonchev–Trinajstić information content (AvgIpc) is 3.32. The van der Waals surface area contributed by atoms with Crippen LogP contribution in [0.4, 0.5) is 0 Å². The van der Waals surface area contributed by atoms with Crippen LogP contribution in [0, 0.1) is 6.92 Å². The molecule has 1 amide bonds. The minimum atomic E-state index is -0.341. The molecule has 1 aliphatic rings. The molecule has 9 heteroatoms. The van der Waals surface area contributed by atoms with Gasteiger partial charge >= 0.3 is 0 Å². The number of hydrazone groups is 1. The van der Waals surface area contributed by atoms with Gasteiger partial charge < -0.3 is 5.11 Å². The first kappa shape index (κ1) is 25.3. The molecule has 0 fully saturated rings. The maximum Gasteiger partial charge on any atom is 0.267 e. The number of thiophene rings is 1. The Balaban J connectivity index is 1.27. The predicted molar refractivity (Wildman–Crippen MR) is 159 cm³/mol. The molecule has 39 heavy (non-hydrogen) atoms. The Morgan fingerprint density at radius 3 is 2.77 bits per heavy atom. The summed E-state index contributed by atoms with van der Waals surface area (Å²) in [6.07, 6.45) is 5.54. The number of benzene rings is 3. The summed E-state index contributed by atoms with van der Waals surface area (Å²) in [5, 5.41) is 17.4. The molecule has 2 heterocycles. The summed E-state index contributed by atoms with van der Waals surface area (Å²) in [6.45, 7) is 2.00. The first-order valence-electron chi connectivity index (χ1n) is 12.8. The molecule has 3 aromatic carbocycles. The van der Waals surface area contributed by atoms with Gasteiger partial charge in [0.1, 0.15) is 10.6 Å². The van der Waals surface area contributed by atoms with Crippen LogP contribution in [0.5, 0.6) is 5.75 Å². The quantitative estimate of drug-likeness (QED) is 0.121. The second-order valence-corrected chi connectivity index (χ2v) is 11.6. The number of amides is 1. The number of carbonyl (C=O) groups is 1. The number of aryl methyl sites for hydroxylation is 3. The van der Waals surface area contributed by atoms with Crippen molar-refractivity contribution < 1.29 is 9.90 Å². The summed E-state index contributed by atoms with van der Waals surface area (Å²) < 4.78 is 1.62. The maximum absolute atomic E-state index is 13.8. The number of fused-ring (bicyclic) bond motifs is 4. The lowest BCUT2D eigenvalue weighted by molar-refractivity contribution is -0.118. The summed E-state index contributed by atoms with van der Waals surface area (Å²) in [7, 11) is 0. The molecule has 7 nitrogen and oxygen atoms in total. The number of nitrogens with zero attached hydrogens (tertiary/aromatic N) is 3. The van der Waals surface area contributed by atoms with Gasteiger partial charge in [0.15, 0.2) is 5.16 Å². The molecule has 0 spiro atoms. The second-order valence-electron chi connectivity index (χ2n) is 9.56. The standard InChI is InChI=1S/C30H26N4O3S2/c1-18-10-13-20(14-11-18)34-29(37)27-22-8-4-5-9-25(22)39-28(27)32-30(34)38-17-26(36)33-31-16-23-21-7-3-2-6-19(21)12-15-24(23)35/h2-3,6-7,10-16,35H,4-5,8-9,17H2,1H3,(H,33,36)/b31-16-. The van der Waals surface area contributed by atoms with Gasteiger partial charge in [0.05, 0.1) is 23.0 Å². The van der Waals surface area contributed by atoms with Crippen molar-refractivity contribution in [2.45, 2.75) is 37.8 Å². The minimum absolute atomic E-state index is 0.0216. The fourth-order valence-corrected chi connectivity index (χ4v) is 7.06. The lowest BCUT2D eigenvalue weighted by Crippen LogP contribution is -2.24. The van der Waals surface area contributed by atoms with Crippen LogP contribution in [-0.4, -0.2) is 32.5 Å². The van der Waals surface area contributed by atoms with E-state index in [0.717, 1.165) is 58.1 Å². The molecule has 0 radical (unpaired) electrons. The molecule has 2 aromatic heterocycles. The van der Waals surface area contributed by atoms with E-state index in [0.29, 0.717) is 16.1 Å². The molecule has 0 atom stereocenters. The average molecular weight is 555 g/mol. The predicted octanol–water partition coefficient (Wildman–Crippen LogP) is 5.74. The van der Waals surface area contributed by atoms with Crippen LogP contribution >= 0.6 is 23.1 Å². The number of carbonyl (C=O) groups excluding carboxylic acids is 1. The largest absolute Gasteiger partial charge is 0.507 e. The first-order chi connectivity index (χ1) is 19.0. The van der Waals surface area contributed by atoms with Crippen LogP contribution in [0.25, 0.3) is 26.7 Å². The number of aromatic hydroxyl groups is 1. The van der Waals surface area contributed by atoms with Crippen molar-refractivity contribution in [3.05, 3.63) is 92.6 Å². The van der Waals surface area contributed by atoms with Crippen molar-refractivity contribution in [3.8, 4) is 11.4 Å². The summed E-state index contributed by atoms with van der Waals surface area (Å²) in [4.78, 5) is 33.5. The van der Waals surface area contributed by atoms with Crippen LogP contribution in [0.3, 0.4) is 0 Å². The van der Waals surface area contributed by atoms with Gasteiger partial charge in [-0.3, -0.25) is 14.2 Å². The monoisotopic (exact) mass is 554 g/mol. The molecule has 6 rings (SSSR count).